The zero-order valence-corrected chi connectivity index (χ0v) is 12.1. The van der Waals surface area contributed by atoms with Crippen molar-refractivity contribution in [2.24, 2.45) is 0 Å². The maximum atomic E-state index is 10.6. The maximum Gasteiger partial charge on any atom is 0.346 e. The van der Waals surface area contributed by atoms with E-state index in [1.54, 1.807) is 4.57 Å². The SMILES string of the molecule is CCCCCCCCCCn1cc[n+](CC(=O)O)c1. The Bertz CT molecular complexity index is 361. The third-order valence-electron chi connectivity index (χ3n) is 3.33. The van der Waals surface area contributed by atoms with Crippen LogP contribution < -0.4 is 4.57 Å². The third kappa shape index (κ3) is 7.65. The second-order valence-electron chi connectivity index (χ2n) is 5.19. The summed E-state index contributed by atoms with van der Waals surface area (Å²) < 4.78 is 3.77. The number of aryl methyl sites for hydroxylation is 1. The summed E-state index contributed by atoms with van der Waals surface area (Å²) in [7, 11) is 0. The number of imidazole rings is 1. The highest BCUT2D eigenvalue weighted by Gasteiger charge is 2.06. The van der Waals surface area contributed by atoms with Crippen LogP contribution in [0, 0.1) is 0 Å². The van der Waals surface area contributed by atoms with Gasteiger partial charge in [-0.2, -0.15) is 0 Å². The highest BCUT2D eigenvalue weighted by Crippen LogP contribution is 2.08. The monoisotopic (exact) mass is 267 g/mol. The number of carboxylic acids is 1. The van der Waals surface area contributed by atoms with E-state index in [2.05, 4.69) is 11.5 Å². The molecular formula is C15H27N2O2+. The summed E-state index contributed by atoms with van der Waals surface area (Å²) in [6.45, 7) is 3.28. The molecule has 0 unspecified atom stereocenters. The van der Waals surface area contributed by atoms with Gasteiger partial charge in [-0.15, -0.1) is 0 Å². The van der Waals surface area contributed by atoms with E-state index in [1.165, 1.54) is 51.4 Å². The van der Waals surface area contributed by atoms with Gasteiger partial charge in [-0.3, -0.25) is 0 Å². The molecule has 0 aliphatic carbocycles. The second-order valence-corrected chi connectivity index (χ2v) is 5.19. The van der Waals surface area contributed by atoms with Crippen molar-refractivity contribution in [3.8, 4) is 0 Å². The number of unbranched alkanes of at least 4 members (excludes halogenated alkanes) is 7. The minimum absolute atomic E-state index is 0.0461. The molecule has 19 heavy (non-hydrogen) atoms. The molecule has 0 aliphatic rings. The van der Waals surface area contributed by atoms with Crippen LogP contribution in [0.5, 0.6) is 0 Å². The molecule has 4 heteroatoms. The van der Waals surface area contributed by atoms with Gasteiger partial charge in [0.2, 0.25) is 6.33 Å². The molecule has 4 nitrogen and oxygen atoms in total. The molecule has 108 valence electrons. The van der Waals surface area contributed by atoms with Crippen LogP contribution in [-0.2, 0) is 17.9 Å². The van der Waals surface area contributed by atoms with Gasteiger partial charge in [-0.05, 0) is 12.8 Å². The summed E-state index contributed by atoms with van der Waals surface area (Å²) in [5.74, 6) is -0.796. The largest absolute Gasteiger partial charge is 0.478 e. The van der Waals surface area contributed by atoms with Gasteiger partial charge < -0.3 is 5.11 Å². The molecule has 0 fully saturated rings. The summed E-state index contributed by atoms with van der Waals surface area (Å²) in [5.41, 5.74) is 0. The first-order chi connectivity index (χ1) is 9.22. The Hall–Kier alpha value is -1.32. The summed E-state index contributed by atoms with van der Waals surface area (Å²) in [4.78, 5) is 10.6. The van der Waals surface area contributed by atoms with Crippen molar-refractivity contribution in [3.05, 3.63) is 18.7 Å². The molecule has 1 heterocycles. The highest BCUT2D eigenvalue weighted by atomic mass is 16.4. The van der Waals surface area contributed by atoms with Crippen molar-refractivity contribution >= 4 is 5.97 Å². The Morgan fingerprint density at radius 1 is 1.11 bits per heavy atom. The van der Waals surface area contributed by atoms with Crippen molar-refractivity contribution < 1.29 is 14.5 Å². The molecule has 0 bridgehead atoms. The van der Waals surface area contributed by atoms with Gasteiger partial charge in [0.25, 0.3) is 0 Å². The van der Waals surface area contributed by atoms with E-state index >= 15 is 0 Å². The van der Waals surface area contributed by atoms with E-state index in [4.69, 9.17) is 5.11 Å². The Morgan fingerprint density at radius 2 is 1.74 bits per heavy atom. The van der Waals surface area contributed by atoms with E-state index in [9.17, 15) is 4.79 Å². The Kier molecular flexibility index (Phi) is 7.94. The van der Waals surface area contributed by atoms with Crippen LogP contribution in [0.25, 0.3) is 0 Å². The van der Waals surface area contributed by atoms with Crippen LogP contribution in [0.2, 0.25) is 0 Å². The maximum absolute atomic E-state index is 10.6. The molecule has 0 aromatic carbocycles. The van der Waals surface area contributed by atoms with Gasteiger partial charge in [0.15, 0.2) is 6.54 Å². The summed E-state index contributed by atoms with van der Waals surface area (Å²) in [6.07, 6.45) is 16.2. The van der Waals surface area contributed by atoms with Gasteiger partial charge in [-0.1, -0.05) is 45.4 Å². The zero-order valence-electron chi connectivity index (χ0n) is 12.1. The predicted octanol–water partition coefficient (Wildman–Crippen LogP) is 3.00. The minimum atomic E-state index is -0.796. The fourth-order valence-corrected chi connectivity index (χ4v) is 2.25. The molecule has 0 saturated carbocycles. The van der Waals surface area contributed by atoms with Crippen molar-refractivity contribution in [1.82, 2.24) is 4.57 Å². The zero-order chi connectivity index (χ0) is 13.9. The standard InChI is InChI=1S/C15H26N2O2/c1-2-3-4-5-6-7-8-9-10-16-11-12-17(14-16)13-15(18)19/h11-12,14H,2-10,13H2,1H3/p+1. The molecule has 0 atom stereocenters. The molecule has 0 amide bonds. The van der Waals surface area contributed by atoms with Crippen LogP contribution in [0.15, 0.2) is 18.7 Å². The predicted molar refractivity (Wildman–Crippen MR) is 74.9 cm³/mol. The smallest absolute Gasteiger partial charge is 0.346 e. The van der Waals surface area contributed by atoms with Gasteiger partial charge >= 0.3 is 5.97 Å². The van der Waals surface area contributed by atoms with E-state index in [1.807, 2.05) is 18.7 Å². The van der Waals surface area contributed by atoms with E-state index < -0.39 is 5.97 Å². The van der Waals surface area contributed by atoms with Crippen LogP contribution in [-0.4, -0.2) is 15.6 Å². The Labute approximate surface area is 116 Å². The quantitative estimate of drug-likeness (QED) is 0.495. The third-order valence-corrected chi connectivity index (χ3v) is 3.33. The van der Waals surface area contributed by atoms with Crippen LogP contribution in [0.4, 0.5) is 0 Å². The van der Waals surface area contributed by atoms with Gasteiger partial charge in [0, 0.05) is 0 Å². The topological polar surface area (TPSA) is 46.1 Å². The first kappa shape index (κ1) is 15.7. The van der Waals surface area contributed by atoms with Gasteiger partial charge in [0.1, 0.15) is 12.4 Å². The Balaban J connectivity index is 2.03. The fourth-order valence-electron chi connectivity index (χ4n) is 2.25. The molecule has 0 radical (unpaired) electrons. The lowest BCUT2D eigenvalue weighted by molar-refractivity contribution is -0.685. The van der Waals surface area contributed by atoms with Crippen molar-refractivity contribution in [2.45, 2.75) is 71.4 Å². The molecule has 0 saturated heterocycles. The number of rotatable bonds is 11. The van der Waals surface area contributed by atoms with Crippen molar-refractivity contribution in [1.29, 1.82) is 0 Å². The lowest BCUT2D eigenvalue weighted by Crippen LogP contribution is -2.35. The summed E-state index contributed by atoms with van der Waals surface area (Å²) in [6, 6.07) is 0. The molecule has 0 spiro atoms. The van der Waals surface area contributed by atoms with Crippen LogP contribution >= 0.6 is 0 Å². The number of aromatic nitrogens is 2. The van der Waals surface area contributed by atoms with Crippen LogP contribution in [0.3, 0.4) is 0 Å². The van der Waals surface area contributed by atoms with Crippen molar-refractivity contribution in [2.75, 3.05) is 0 Å². The lowest BCUT2D eigenvalue weighted by atomic mass is 10.1. The Morgan fingerprint density at radius 3 is 2.37 bits per heavy atom. The van der Waals surface area contributed by atoms with Gasteiger partial charge in [-0.25, -0.2) is 13.9 Å². The van der Waals surface area contributed by atoms with Crippen LogP contribution in [0.1, 0.15) is 58.3 Å². The average Bonchev–Trinajstić information content (AvgIpc) is 2.79. The number of carboxylic acid groups (broad SMARTS) is 1. The summed E-state index contributed by atoms with van der Waals surface area (Å²) >= 11 is 0. The van der Waals surface area contributed by atoms with E-state index in [0.29, 0.717) is 0 Å². The highest BCUT2D eigenvalue weighted by molar-refractivity contribution is 5.64. The number of hydrogen-bond donors (Lipinski definition) is 1. The molecule has 0 aliphatic heterocycles. The first-order valence-corrected chi connectivity index (χ1v) is 7.49. The molecule has 1 aromatic heterocycles. The van der Waals surface area contributed by atoms with E-state index in [0.717, 1.165) is 6.54 Å². The average molecular weight is 267 g/mol. The molecule has 1 rings (SSSR count). The first-order valence-electron chi connectivity index (χ1n) is 7.49. The fraction of sp³-hybridized carbons (Fsp3) is 0.733. The lowest BCUT2D eigenvalue weighted by Gasteiger charge is -2.00. The number of nitrogens with zero attached hydrogens (tertiary/aromatic N) is 2. The molecule has 1 N–H and O–H groups in total. The number of hydrogen-bond acceptors (Lipinski definition) is 1. The summed E-state index contributed by atoms with van der Waals surface area (Å²) in [5, 5.41) is 8.68. The van der Waals surface area contributed by atoms with Crippen molar-refractivity contribution in [3.63, 3.8) is 0 Å². The normalized spacial score (nSPS) is 10.8. The molecule has 1 aromatic rings. The number of aliphatic carboxylic acids is 1. The second kappa shape index (κ2) is 9.59. The number of carbonyl (C=O) groups is 1. The van der Waals surface area contributed by atoms with E-state index in [-0.39, 0.29) is 6.54 Å². The minimum Gasteiger partial charge on any atom is -0.478 e. The van der Waals surface area contributed by atoms with Gasteiger partial charge in [0.05, 0.1) is 6.54 Å². The molecular weight excluding hydrogens is 240 g/mol.